The molecule has 1 fully saturated rings. The first kappa shape index (κ1) is 24.6. The molecule has 1 aliphatic heterocycles. The van der Waals surface area contributed by atoms with Crippen molar-refractivity contribution in [3.63, 3.8) is 0 Å². The van der Waals surface area contributed by atoms with Crippen LogP contribution in [0.5, 0.6) is 5.75 Å². The smallest absolute Gasteiger partial charge is 0.262 e. The molecule has 2 N–H and O–H groups in total. The van der Waals surface area contributed by atoms with Gasteiger partial charge in [0.1, 0.15) is 5.75 Å². The second kappa shape index (κ2) is 11.3. The molecule has 35 heavy (non-hydrogen) atoms. The topological polar surface area (TPSA) is 87.7 Å². The van der Waals surface area contributed by atoms with Crippen LogP contribution >= 0.6 is 23.2 Å². The summed E-state index contributed by atoms with van der Waals surface area (Å²) in [5.74, 6) is -0.550. The van der Waals surface area contributed by atoms with Crippen LogP contribution in [0, 0.1) is 5.92 Å². The summed E-state index contributed by atoms with van der Waals surface area (Å²) in [6.07, 6.45) is 0.147. The molecule has 180 valence electrons. The van der Waals surface area contributed by atoms with Crippen molar-refractivity contribution in [3.8, 4) is 5.75 Å². The van der Waals surface area contributed by atoms with Gasteiger partial charge in [0.05, 0.1) is 5.92 Å². The van der Waals surface area contributed by atoms with Crippen molar-refractivity contribution < 1.29 is 19.1 Å². The number of halogens is 2. The molecule has 0 unspecified atom stereocenters. The van der Waals surface area contributed by atoms with Gasteiger partial charge in [-0.1, -0.05) is 41.4 Å². The Hall–Kier alpha value is -3.55. The van der Waals surface area contributed by atoms with Gasteiger partial charge in [0.2, 0.25) is 11.8 Å². The molecule has 1 heterocycles. The minimum Gasteiger partial charge on any atom is -0.484 e. The van der Waals surface area contributed by atoms with Crippen molar-refractivity contribution in [1.29, 1.82) is 0 Å². The second-order valence-electron chi connectivity index (χ2n) is 8.09. The maximum Gasteiger partial charge on any atom is 0.262 e. The van der Waals surface area contributed by atoms with Crippen LogP contribution in [0.3, 0.4) is 0 Å². The Morgan fingerprint density at radius 3 is 2.43 bits per heavy atom. The summed E-state index contributed by atoms with van der Waals surface area (Å²) in [4.78, 5) is 38.8. The zero-order chi connectivity index (χ0) is 24.8. The number of carbonyl (C=O) groups is 3. The van der Waals surface area contributed by atoms with Crippen molar-refractivity contribution in [2.45, 2.75) is 13.0 Å². The normalized spacial score (nSPS) is 15.1. The number of hydrogen-bond donors (Lipinski definition) is 2. The van der Waals surface area contributed by atoms with E-state index < -0.39 is 5.92 Å². The number of carbonyl (C=O) groups excluding carboxylic acids is 3. The monoisotopic (exact) mass is 511 g/mol. The number of hydrogen-bond acceptors (Lipinski definition) is 4. The predicted octanol–water partition coefficient (Wildman–Crippen LogP) is 4.68. The van der Waals surface area contributed by atoms with E-state index >= 15 is 0 Å². The van der Waals surface area contributed by atoms with Gasteiger partial charge in [-0.2, -0.15) is 0 Å². The van der Waals surface area contributed by atoms with Crippen LogP contribution in [-0.4, -0.2) is 30.9 Å². The van der Waals surface area contributed by atoms with Gasteiger partial charge in [-0.3, -0.25) is 14.4 Å². The number of rotatable bonds is 8. The molecular weight excluding hydrogens is 489 g/mol. The molecule has 0 radical (unpaired) electrons. The van der Waals surface area contributed by atoms with E-state index in [0.29, 0.717) is 40.3 Å². The van der Waals surface area contributed by atoms with Crippen molar-refractivity contribution in [2.24, 2.45) is 5.92 Å². The van der Waals surface area contributed by atoms with Gasteiger partial charge in [-0.15, -0.1) is 0 Å². The summed E-state index contributed by atoms with van der Waals surface area (Å²) in [6.45, 7) is 0.496. The number of ether oxygens (including phenoxy) is 1. The third kappa shape index (κ3) is 6.74. The Kier molecular flexibility index (Phi) is 7.90. The van der Waals surface area contributed by atoms with Crippen molar-refractivity contribution in [2.75, 3.05) is 23.4 Å². The molecule has 0 saturated carbocycles. The first-order valence-corrected chi connectivity index (χ1v) is 11.7. The molecule has 3 amide bonds. The zero-order valence-electron chi connectivity index (χ0n) is 18.7. The van der Waals surface area contributed by atoms with Gasteiger partial charge in [0.25, 0.3) is 5.91 Å². The molecule has 3 aromatic rings. The molecule has 0 spiro atoms. The molecule has 3 aromatic carbocycles. The maximum absolute atomic E-state index is 12.6. The lowest BCUT2D eigenvalue weighted by Crippen LogP contribution is -2.32. The fraction of sp³-hybridized carbons (Fsp3) is 0.192. The van der Waals surface area contributed by atoms with E-state index in [1.54, 1.807) is 65.6 Å². The lowest BCUT2D eigenvalue weighted by atomic mass is 10.1. The summed E-state index contributed by atoms with van der Waals surface area (Å²) < 4.78 is 5.53. The molecule has 7 nitrogen and oxygen atoms in total. The highest BCUT2D eigenvalue weighted by Crippen LogP contribution is 2.27. The fourth-order valence-corrected chi connectivity index (χ4v) is 4.02. The van der Waals surface area contributed by atoms with E-state index in [0.717, 1.165) is 5.56 Å². The van der Waals surface area contributed by atoms with E-state index in [9.17, 15) is 14.4 Å². The Morgan fingerprint density at radius 2 is 1.71 bits per heavy atom. The Bertz CT molecular complexity index is 1220. The van der Waals surface area contributed by atoms with Gasteiger partial charge < -0.3 is 20.3 Å². The predicted molar refractivity (Wildman–Crippen MR) is 136 cm³/mol. The van der Waals surface area contributed by atoms with Gasteiger partial charge >= 0.3 is 0 Å². The summed E-state index contributed by atoms with van der Waals surface area (Å²) in [6, 6.07) is 20.9. The third-order valence-corrected chi connectivity index (χ3v) is 5.99. The molecule has 9 heteroatoms. The van der Waals surface area contributed by atoms with Gasteiger partial charge in [-0.05, 0) is 60.2 Å². The van der Waals surface area contributed by atoms with E-state index in [1.807, 2.05) is 12.1 Å². The van der Waals surface area contributed by atoms with Gasteiger partial charge in [0.15, 0.2) is 6.61 Å². The van der Waals surface area contributed by atoms with Crippen LogP contribution < -0.4 is 20.3 Å². The quantitative estimate of drug-likeness (QED) is 0.459. The third-order valence-electron chi connectivity index (χ3n) is 5.50. The van der Waals surface area contributed by atoms with Gasteiger partial charge in [0, 0.05) is 40.9 Å². The lowest BCUT2D eigenvalue weighted by Gasteiger charge is -2.17. The van der Waals surface area contributed by atoms with Crippen molar-refractivity contribution in [1.82, 2.24) is 5.32 Å². The number of anilines is 2. The fourth-order valence-electron chi connectivity index (χ4n) is 3.70. The molecule has 4 rings (SSSR count). The number of amides is 3. The average Bonchev–Trinajstić information content (AvgIpc) is 3.24. The Morgan fingerprint density at radius 1 is 0.971 bits per heavy atom. The number of nitrogens with one attached hydrogen (secondary N) is 2. The van der Waals surface area contributed by atoms with Crippen LogP contribution in [0.15, 0.2) is 72.8 Å². The minimum absolute atomic E-state index is 0.119. The highest BCUT2D eigenvalue weighted by molar-refractivity contribution is 6.31. The van der Waals surface area contributed by atoms with E-state index in [2.05, 4.69) is 10.6 Å². The van der Waals surface area contributed by atoms with E-state index in [-0.39, 0.29) is 30.7 Å². The Balaban J connectivity index is 1.26. The van der Waals surface area contributed by atoms with Crippen LogP contribution in [0.4, 0.5) is 11.4 Å². The van der Waals surface area contributed by atoms with Gasteiger partial charge in [-0.25, -0.2) is 0 Å². The maximum atomic E-state index is 12.6. The molecule has 1 atom stereocenters. The summed E-state index contributed by atoms with van der Waals surface area (Å²) >= 11 is 11.8. The van der Waals surface area contributed by atoms with Crippen LogP contribution in [0.2, 0.25) is 10.0 Å². The highest BCUT2D eigenvalue weighted by atomic mass is 35.5. The number of nitrogens with zero attached hydrogens (tertiary/aromatic N) is 1. The summed E-state index contributed by atoms with van der Waals surface area (Å²) in [5.41, 5.74) is 2.18. The summed E-state index contributed by atoms with van der Waals surface area (Å²) in [5, 5.41) is 6.75. The van der Waals surface area contributed by atoms with Crippen LogP contribution in [0.1, 0.15) is 12.0 Å². The van der Waals surface area contributed by atoms with Crippen LogP contribution in [0.25, 0.3) is 0 Å². The largest absolute Gasteiger partial charge is 0.484 e. The SMILES string of the molecule is O=C(COc1ccc(N2C[C@@H](C(=O)NCc3ccc(Cl)cc3)CC2=O)cc1)Nc1cccc(Cl)c1. The zero-order valence-corrected chi connectivity index (χ0v) is 20.2. The number of benzene rings is 3. The van der Waals surface area contributed by atoms with Crippen LogP contribution in [-0.2, 0) is 20.9 Å². The Labute approximate surface area is 213 Å². The van der Waals surface area contributed by atoms with E-state index in [4.69, 9.17) is 27.9 Å². The standard InChI is InChI=1S/C26H23Cl2N3O4/c27-19-6-4-17(5-7-19)14-29-26(34)18-12-25(33)31(15-18)22-8-10-23(11-9-22)35-16-24(32)30-21-3-1-2-20(28)13-21/h1-11,13,18H,12,14-16H2,(H,29,34)(H,30,32)/t18-/m0/s1. The van der Waals surface area contributed by atoms with E-state index in [1.165, 1.54) is 0 Å². The molecule has 1 saturated heterocycles. The molecule has 1 aliphatic rings. The first-order chi connectivity index (χ1) is 16.9. The lowest BCUT2D eigenvalue weighted by molar-refractivity contribution is -0.126. The van der Waals surface area contributed by atoms with Crippen molar-refractivity contribution >= 4 is 52.3 Å². The molecule has 0 aliphatic carbocycles. The minimum atomic E-state index is -0.430. The summed E-state index contributed by atoms with van der Waals surface area (Å²) in [7, 11) is 0. The molecule has 0 bridgehead atoms. The first-order valence-electron chi connectivity index (χ1n) is 11.0. The second-order valence-corrected chi connectivity index (χ2v) is 8.96. The molecular formula is C26H23Cl2N3O4. The molecule has 0 aromatic heterocycles. The van der Waals surface area contributed by atoms with Crippen molar-refractivity contribution in [3.05, 3.63) is 88.4 Å². The highest BCUT2D eigenvalue weighted by Gasteiger charge is 2.35. The average molecular weight is 512 g/mol.